The van der Waals surface area contributed by atoms with Crippen molar-refractivity contribution in [3.8, 4) is 28.1 Å². The number of aromatic nitrogens is 4. The van der Waals surface area contributed by atoms with E-state index in [0.717, 1.165) is 28.5 Å². The molecule has 0 saturated carbocycles. The van der Waals surface area contributed by atoms with Crippen LogP contribution in [0, 0.1) is 5.95 Å². The second-order valence-corrected chi connectivity index (χ2v) is 7.56. The van der Waals surface area contributed by atoms with Crippen LogP contribution in [0.2, 0.25) is 0 Å². The van der Waals surface area contributed by atoms with Crippen LogP contribution in [0.4, 0.5) is 10.1 Å². The molecule has 1 aliphatic heterocycles. The monoisotopic (exact) mass is 445 g/mol. The van der Waals surface area contributed by atoms with Crippen LogP contribution in [0.3, 0.4) is 0 Å². The summed E-state index contributed by atoms with van der Waals surface area (Å²) in [6.45, 7) is 4.61. The molecule has 0 bridgehead atoms. The third kappa shape index (κ3) is 4.31. The summed E-state index contributed by atoms with van der Waals surface area (Å²) in [5.74, 6) is -0.614. The zero-order valence-electron chi connectivity index (χ0n) is 17.5. The molecular weight excluding hydrogens is 425 g/mol. The number of hydrogen-bond acceptors (Lipinski definition) is 6. The lowest BCUT2D eigenvalue weighted by molar-refractivity contribution is -0.111. The minimum Gasteiger partial charge on any atom is -0.470 e. The highest BCUT2D eigenvalue weighted by Gasteiger charge is 2.21. The molecular formula is C24H20FN5O3. The van der Waals surface area contributed by atoms with E-state index in [1.54, 1.807) is 30.7 Å². The number of nitrogens with one attached hydrogen (secondary N) is 2. The van der Waals surface area contributed by atoms with Gasteiger partial charge in [-0.15, -0.1) is 0 Å². The second-order valence-electron chi connectivity index (χ2n) is 7.56. The third-order valence-electron chi connectivity index (χ3n) is 5.36. The summed E-state index contributed by atoms with van der Waals surface area (Å²) in [6.07, 6.45) is 8.39. The molecule has 5 heterocycles. The summed E-state index contributed by atoms with van der Waals surface area (Å²) in [4.78, 5) is 27.7. The molecule has 1 saturated heterocycles. The molecule has 33 heavy (non-hydrogen) atoms. The van der Waals surface area contributed by atoms with E-state index >= 15 is 0 Å². The van der Waals surface area contributed by atoms with E-state index < -0.39 is 5.95 Å². The number of pyridine rings is 3. The van der Waals surface area contributed by atoms with Crippen molar-refractivity contribution in [2.45, 2.75) is 12.5 Å². The smallest absolute Gasteiger partial charge is 0.247 e. The SMILES string of the molecule is C=CC(=O)Nc1cc(-c2cnc3[nH]cc(-c4ccnc(F)c4)c3c2)cnc1OC1CCOC1. The predicted octanol–water partition coefficient (Wildman–Crippen LogP) is 4.12. The van der Waals surface area contributed by atoms with Gasteiger partial charge in [-0.05, 0) is 29.8 Å². The first-order chi connectivity index (χ1) is 16.1. The van der Waals surface area contributed by atoms with Gasteiger partial charge in [0.15, 0.2) is 0 Å². The molecule has 8 nitrogen and oxygen atoms in total. The predicted molar refractivity (Wildman–Crippen MR) is 121 cm³/mol. The van der Waals surface area contributed by atoms with E-state index in [1.807, 2.05) is 6.07 Å². The lowest BCUT2D eigenvalue weighted by Gasteiger charge is -2.15. The number of amides is 1. The third-order valence-corrected chi connectivity index (χ3v) is 5.36. The van der Waals surface area contributed by atoms with Crippen LogP contribution in [-0.2, 0) is 9.53 Å². The summed E-state index contributed by atoms with van der Waals surface area (Å²) in [7, 11) is 0. The lowest BCUT2D eigenvalue weighted by atomic mass is 10.0. The van der Waals surface area contributed by atoms with Gasteiger partial charge in [-0.2, -0.15) is 4.39 Å². The van der Waals surface area contributed by atoms with E-state index in [-0.39, 0.29) is 12.0 Å². The molecule has 4 aromatic heterocycles. The van der Waals surface area contributed by atoms with Crippen LogP contribution in [0.15, 0.2) is 61.7 Å². The average Bonchev–Trinajstić information content (AvgIpc) is 3.49. The highest BCUT2D eigenvalue weighted by atomic mass is 19.1. The number of carbonyl (C=O) groups excluding carboxylic acids is 1. The van der Waals surface area contributed by atoms with E-state index in [0.29, 0.717) is 36.0 Å². The Morgan fingerprint density at radius 2 is 2.06 bits per heavy atom. The molecule has 0 spiro atoms. The number of H-pyrrole nitrogens is 1. The van der Waals surface area contributed by atoms with Crippen LogP contribution in [0.25, 0.3) is 33.3 Å². The molecule has 9 heteroatoms. The first kappa shape index (κ1) is 20.8. The van der Waals surface area contributed by atoms with Gasteiger partial charge in [0.05, 0.1) is 13.2 Å². The molecule has 4 aromatic rings. The number of ether oxygens (including phenoxy) is 2. The molecule has 1 unspecified atom stereocenters. The molecule has 166 valence electrons. The highest BCUT2D eigenvalue weighted by molar-refractivity contribution is 6.00. The number of hydrogen-bond donors (Lipinski definition) is 2. The van der Waals surface area contributed by atoms with Gasteiger partial charge >= 0.3 is 0 Å². The fourth-order valence-corrected chi connectivity index (χ4v) is 3.71. The Morgan fingerprint density at radius 1 is 1.21 bits per heavy atom. The van der Waals surface area contributed by atoms with Gasteiger partial charge < -0.3 is 19.8 Å². The molecule has 2 N–H and O–H groups in total. The number of aromatic amines is 1. The maximum absolute atomic E-state index is 13.7. The summed E-state index contributed by atoms with van der Waals surface area (Å²) < 4.78 is 25.0. The maximum Gasteiger partial charge on any atom is 0.247 e. The van der Waals surface area contributed by atoms with Gasteiger partial charge in [-0.25, -0.2) is 15.0 Å². The van der Waals surface area contributed by atoms with Crippen LogP contribution in [-0.4, -0.2) is 45.2 Å². The van der Waals surface area contributed by atoms with Crippen molar-refractivity contribution in [1.82, 2.24) is 19.9 Å². The lowest BCUT2D eigenvalue weighted by Crippen LogP contribution is -2.18. The fourth-order valence-electron chi connectivity index (χ4n) is 3.71. The Balaban J connectivity index is 1.54. The van der Waals surface area contributed by atoms with Gasteiger partial charge in [0.25, 0.3) is 0 Å². The van der Waals surface area contributed by atoms with Crippen LogP contribution >= 0.6 is 0 Å². The molecule has 5 rings (SSSR count). The second kappa shape index (κ2) is 8.79. The highest BCUT2D eigenvalue weighted by Crippen LogP contribution is 2.33. The fraction of sp³-hybridized carbons (Fsp3) is 0.167. The maximum atomic E-state index is 13.7. The zero-order valence-corrected chi connectivity index (χ0v) is 17.5. The van der Waals surface area contributed by atoms with E-state index in [1.165, 1.54) is 18.3 Å². The van der Waals surface area contributed by atoms with Crippen molar-refractivity contribution in [2.75, 3.05) is 18.5 Å². The van der Waals surface area contributed by atoms with Gasteiger partial charge in [-0.1, -0.05) is 6.58 Å². The van der Waals surface area contributed by atoms with E-state index in [9.17, 15) is 9.18 Å². The van der Waals surface area contributed by atoms with Crippen molar-refractivity contribution in [3.63, 3.8) is 0 Å². The largest absolute Gasteiger partial charge is 0.470 e. The standard InChI is InChI=1S/C24H20FN5O3/c1-2-22(31)30-20-8-16(11-29-24(20)33-17-4-6-32-13-17)15-7-18-19(12-28-23(18)27-10-15)14-3-5-26-21(25)9-14/h2-3,5,7-12,17H,1,4,6,13H2,(H,27,28)(H,30,31). The average molecular weight is 445 g/mol. The van der Waals surface area contributed by atoms with Gasteiger partial charge in [0.2, 0.25) is 17.7 Å². The molecule has 0 radical (unpaired) electrons. The number of carbonyl (C=O) groups is 1. The van der Waals surface area contributed by atoms with Crippen molar-refractivity contribution in [3.05, 3.63) is 67.7 Å². The number of nitrogens with zero attached hydrogens (tertiary/aromatic N) is 3. The van der Waals surface area contributed by atoms with Crippen molar-refractivity contribution < 1.29 is 18.7 Å². The summed E-state index contributed by atoms with van der Waals surface area (Å²) in [6, 6.07) is 6.83. The van der Waals surface area contributed by atoms with Gasteiger partial charge in [-0.3, -0.25) is 4.79 Å². The van der Waals surface area contributed by atoms with Gasteiger partial charge in [0, 0.05) is 59.4 Å². The molecule has 0 aromatic carbocycles. The number of halogens is 1. The number of anilines is 1. The summed E-state index contributed by atoms with van der Waals surface area (Å²) in [5, 5.41) is 3.58. The molecule has 1 amide bonds. The molecule has 1 atom stereocenters. The quantitative estimate of drug-likeness (QED) is 0.342. The Bertz CT molecular complexity index is 1350. The summed E-state index contributed by atoms with van der Waals surface area (Å²) >= 11 is 0. The van der Waals surface area contributed by atoms with Crippen LogP contribution in [0.1, 0.15) is 6.42 Å². The molecule has 1 fully saturated rings. The van der Waals surface area contributed by atoms with Crippen molar-refractivity contribution >= 4 is 22.6 Å². The molecule has 1 aliphatic rings. The number of fused-ring (bicyclic) bond motifs is 1. The van der Waals surface area contributed by atoms with Crippen molar-refractivity contribution in [1.29, 1.82) is 0 Å². The topological polar surface area (TPSA) is 102 Å². The first-order valence-corrected chi connectivity index (χ1v) is 10.4. The zero-order chi connectivity index (χ0) is 22.8. The minimum absolute atomic E-state index is 0.121. The van der Waals surface area contributed by atoms with Crippen LogP contribution in [0.5, 0.6) is 5.88 Å². The Kier molecular flexibility index (Phi) is 5.54. The number of rotatable bonds is 6. The minimum atomic E-state index is -0.555. The van der Waals surface area contributed by atoms with Crippen LogP contribution < -0.4 is 10.1 Å². The van der Waals surface area contributed by atoms with Gasteiger partial charge in [0.1, 0.15) is 17.4 Å². The Labute approximate surface area is 188 Å². The normalized spacial score (nSPS) is 15.5. The van der Waals surface area contributed by atoms with E-state index in [4.69, 9.17) is 9.47 Å². The molecule has 0 aliphatic carbocycles. The Morgan fingerprint density at radius 3 is 2.85 bits per heavy atom. The first-order valence-electron chi connectivity index (χ1n) is 10.4. The summed E-state index contributed by atoms with van der Waals surface area (Å²) in [5.41, 5.74) is 4.08. The van der Waals surface area contributed by atoms with Crippen molar-refractivity contribution in [2.24, 2.45) is 0 Å². The Hall–Kier alpha value is -4.11. The van der Waals surface area contributed by atoms with E-state index in [2.05, 4.69) is 31.8 Å².